The fraction of sp³-hybridized carbons (Fsp3) is 0.533. The van der Waals surface area contributed by atoms with Crippen molar-refractivity contribution in [3.05, 3.63) is 23.2 Å². The van der Waals surface area contributed by atoms with Crippen LogP contribution >= 0.6 is 24.0 Å². The van der Waals surface area contributed by atoms with Crippen molar-refractivity contribution in [2.45, 2.75) is 26.3 Å². The largest absolute Gasteiger partial charge is 0.475 e. The third-order valence-electron chi connectivity index (χ3n) is 3.18. The normalized spacial score (nSPS) is 10.9. The molecule has 118 valence electrons. The maximum absolute atomic E-state index is 6.09. The van der Waals surface area contributed by atoms with E-state index in [2.05, 4.69) is 16.9 Å². The maximum atomic E-state index is 6.09. The van der Waals surface area contributed by atoms with Crippen molar-refractivity contribution in [2.75, 3.05) is 27.2 Å². The van der Waals surface area contributed by atoms with E-state index in [1.54, 1.807) is 0 Å². The molecule has 0 saturated carbocycles. The molecule has 4 nitrogen and oxygen atoms in total. The van der Waals surface area contributed by atoms with Crippen LogP contribution in [0.4, 0.5) is 0 Å². The quantitative estimate of drug-likeness (QED) is 0.771. The number of rotatable bonds is 7. The molecule has 0 amide bonds. The summed E-state index contributed by atoms with van der Waals surface area (Å²) in [5.74, 6) is 0.703. The molecule has 0 atom stereocenters. The molecule has 0 spiro atoms. The van der Waals surface area contributed by atoms with Crippen molar-refractivity contribution in [2.24, 2.45) is 0 Å². The van der Waals surface area contributed by atoms with E-state index >= 15 is 0 Å². The van der Waals surface area contributed by atoms with Crippen LogP contribution in [0.1, 0.15) is 19.8 Å². The van der Waals surface area contributed by atoms with E-state index in [0.717, 1.165) is 41.9 Å². The number of unbranched alkanes of at least 4 members (excludes halogenated alkanes) is 1. The molecule has 0 N–H and O–H groups in total. The van der Waals surface area contributed by atoms with Crippen LogP contribution in [-0.4, -0.2) is 41.9 Å². The predicted molar refractivity (Wildman–Crippen MR) is 90.9 cm³/mol. The Balaban J connectivity index is 0.00000220. The minimum absolute atomic E-state index is 0. The number of ether oxygens (including phenoxy) is 1. The van der Waals surface area contributed by atoms with Crippen molar-refractivity contribution in [1.29, 1.82) is 0 Å². The van der Waals surface area contributed by atoms with Gasteiger partial charge in [0.05, 0.1) is 10.9 Å². The van der Waals surface area contributed by atoms with E-state index in [4.69, 9.17) is 16.3 Å². The van der Waals surface area contributed by atoms with Crippen molar-refractivity contribution < 1.29 is 4.74 Å². The van der Waals surface area contributed by atoms with Crippen molar-refractivity contribution >= 4 is 34.9 Å². The van der Waals surface area contributed by atoms with E-state index in [9.17, 15) is 0 Å². The summed E-state index contributed by atoms with van der Waals surface area (Å²) in [6, 6.07) is 5.82. The first-order chi connectivity index (χ1) is 9.61. The molecule has 1 aromatic carbocycles. The number of aryl methyl sites for hydroxylation is 1. The standard InChI is InChI=1S/C15H22ClN3O.ClH/c1-4-5-8-19-14-11-12(16)6-7-13(14)15(17-19)20-10-9-18(2)3;/h6-7,11H,4-5,8-10H2,1-3H3;1H. The number of halogens is 2. The Morgan fingerprint density at radius 1 is 1.33 bits per heavy atom. The van der Waals surface area contributed by atoms with E-state index in [0.29, 0.717) is 12.5 Å². The molecular weight excluding hydrogens is 309 g/mol. The maximum Gasteiger partial charge on any atom is 0.240 e. The van der Waals surface area contributed by atoms with E-state index in [1.165, 1.54) is 0 Å². The molecule has 0 aliphatic heterocycles. The monoisotopic (exact) mass is 331 g/mol. The Labute approximate surface area is 137 Å². The fourth-order valence-electron chi connectivity index (χ4n) is 2.03. The summed E-state index contributed by atoms with van der Waals surface area (Å²) in [4.78, 5) is 2.09. The molecule has 0 aliphatic rings. The van der Waals surface area contributed by atoms with Crippen LogP contribution in [0.2, 0.25) is 5.02 Å². The molecule has 0 bridgehead atoms. The molecule has 0 saturated heterocycles. The van der Waals surface area contributed by atoms with Gasteiger partial charge in [-0.05, 0) is 38.7 Å². The average Bonchev–Trinajstić information content (AvgIpc) is 2.73. The molecule has 0 fully saturated rings. The topological polar surface area (TPSA) is 30.3 Å². The van der Waals surface area contributed by atoms with Gasteiger partial charge in [-0.2, -0.15) is 0 Å². The van der Waals surface area contributed by atoms with Gasteiger partial charge >= 0.3 is 0 Å². The first-order valence-corrected chi connectivity index (χ1v) is 7.43. The van der Waals surface area contributed by atoms with Gasteiger partial charge in [0.25, 0.3) is 0 Å². The molecule has 2 rings (SSSR count). The first kappa shape index (κ1) is 18.1. The van der Waals surface area contributed by atoms with Gasteiger partial charge in [-0.1, -0.05) is 24.9 Å². The highest BCUT2D eigenvalue weighted by atomic mass is 35.5. The lowest BCUT2D eigenvalue weighted by atomic mass is 10.2. The Morgan fingerprint density at radius 2 is 2.10 bits per heavy atom. The highest BCUT2D eigenvalue weighted by Crippen LogP contribution is 2.27. The van der Waals surface area contributed by atoms with Crippen molar-refractivity contribution in [1.82, 2.24) is 14.7 Å². The summed E-state index contributed by atoms with van der Waals surface area (Å²) in [5, 5.41) is 6.35. The number of likely N-dealkylation sites (N-methyl/N-ethyl adjacent to an activating group) is 1. The zero-order chi connectivity index (χ0) is 14.5. The molecule has 0 aliphatic carbocycles. The number of nitrogens with zero attached hydrogens (tertiary/aromatic N) is 3. The zero-order valence-corrected chi connectivity index (χ0v) is 14.4. The summed E-state index contributed by atoms with van der Waals surface area (Å²) >= 11 is 6.09. The summed E-state index contributed by atoms with van der Waals surface area (Å²) in [7, 11) is 4.06. The van der Waals surface area contributed by atoms with Crippen LogP contribution in [0.5, 0.6) is 5.88 Å². The highest BCUT2D eigenvalue weighted by molar-refractivity contribution is 6.31. The van der Waals surface area contributed by atoms with E-state index < -0.39 is 0 Å². The minimum atomic E-state index is 0. The lowest BCUT2D eigenvalue weighted by Crippen LogP contribution is -2.19. The molecule has 0 unspecified atom stereocenters. The Bertz CT molecular complexity index is 569. The van der Waals surface area contributed by atoms with Crippen LogP contribution < -0.4 is 4.74 Å². The molecule has 21 heavy (non-hydrogen) atoms. The van der Waals surface area contributed by atoms with Crippen LogP contribution in [0, 0.1) is 0 Å². The lowest BCUT2D eigenvalue weighted by molar-refractivity contribution is 0.253. The molecule has 1 heterocycles. The van der Waals surface area contributed by atoms with E-state index in [-0.39, 0.29) is 12.4 Å². The van der Waals surface area contributed by atoms with Gasteiger partial charge in [0.1, 0.15) is 6.61 Å². The van der Waals surface area contributed by atoms with Crippen molar-refractivity contribution in [3.8, 4) is 5.88 Å². The van der Waals surface area contributed by atoms with Crippen LogP contribution in [0.15, 0.2) is 18.2 Å². The summed E-state index contributed by atoms with van der Waals surface area (Å²) in [5.41, 5.74) is 1.05. The van der Waals surface area contributed by atoms with Crippen LogP contribution in [0.25, 0.3) is 10.9 Å². The minimum Gasteiger partial charge on any atom is -0.475 e. The highest BCUT2D eigenvalue weighted by Gasteiger charge is 2.12. The Kier molecular flexibility index (Phi) is 7.29. The van der Waals surface area contributed by atoms with Crippen LogP contribution in [-0.2, 0) is 6.54 Å². The third kappa shape index (κ3) is 4.77. The second-order valence-corrected chi connectivity index (χ2v) is 5.63. The zero-order valence-electron chi connectivity index (χ0n) is 12.8. The van der Waals surface area contributed by atoms with Gasteiger partial charge in [0.15, 0.2) is 0 Å². The fourth-order valence-corrected chi connectivity index (χ4v) is 2.19. The average molecular weight is 332 g/mol. The molecule has 0 radical (unpaired) electrons. The molecule has 6 heteroatoms. The number of benzene rings is 1. The Morgan fingerprint density at radius 3 is 2.76 bits per heavy atom. The van der Waals surface area contributed by atoms with Crippen molar-refractivity contribution in [3.63, 3.8) is 0 Å². The summed E-state index contributed by atoms with van der Waals surface area (Å²) < 4.78 is 7.81. The second-order valence-electron chi connectivity index (χ2n) is 5.20. The number of hydrogen-bond acceptors (Lipinski definition) is 3. The first-order valence-electron chi connectivity index (χ1n) is 7.05. The number of aromatic nitrogens is 2. The van der Waals surface area contributed by atoms with Gasteiger partial charge in [-0.15, -0.1) is 17.5 Å². The third-order valence-corrected chi connectivity index (χ3v) is 3.42. The second kappa shape index (κ2) is 8.47. The van der Waals surface area contributed by atoms with Gasteiger partial charge in [0.2, 0.25) is 5.88 Å². The van der Waals surface area contributed by atoms with Gasteiger partial charge in [-0.3, -0.25) is 4.68 Å². The van der Waals surface area contributed by atoms with Gasteiger partial charge < -0.3 is 9.64 Å². The Hall–Kier alpha value is -0.970. The molecule has 2 aromatic rings. The molecular formula is C15H23Cl2N3O. The van der Waals surface area contributed by atoms with Gasteiger partial charge in [0, 0.05) is 18.1 Å². The van der Waals surface area contributed by atoms with E-state index in [1.807, 2.05) is 37.0 Å². The number of hydrogen-bond donors (Lipinski definition) is 0. The smallest absolute Gasteiger partial charge is 0.240 e. The van der Waals surface area contributed by atoms with Gasteiger partial charge in [-0.25, -0.2) is 0 Å². The molecule has 1 aromatic heterocycles. The lowest BCUT2D eigenvalue weighted by Gasteiger charge is -2.09. The predicted octanol–water partition coefficient (Wildman–Crippen LogP) is 3.85. The summed E-state index contributed by atoms with van der Waals surface area (Å²) in [6.45, 7) is 4.57. The SMILES string of the molecule is CCCCn1nc(OCCN(C)C)c2ccc(Cl)cc21.Cl. The van der Waals surface area contributed by atoms with Crippen LogP contribution in [0.3, 0.4) is 0 Å². The number of fused-ring (bicyclic) bond motifs is 1. The summed E-state index contributed by atoms with van der Waals surface area (Å²) in [6.07, 6.45) is 2.24.